The third kappa shape index (κ3) is 2.11. The van der Waals surface area contributed by atoms with Crippen molar-refractivity contribution in [1.82, 2.24) is 9.55 Å². The molecule has 0 spiro atoms. The molecule has 0 bridgehead atoms. The lowest BCUT2D eigenvalue weighted by molar-refractivity contribution is 0.188. The zero-order valence-corrected chi connectivity index (χ0v) is 11.1. The van der Waals surface area contributed by atoms with Gasteiger partial charge < -0.3 is 9.30 Å². The molecule has 0 fully saturated rings. The maximum Gasteiger partial charge on any atom is 0.139 e. The molecule has 0 aliphatic heterocycles. The Kier molecular flexibility index (Phi) is 3.48. The first-order chi connectivity index (χ1) is 7.24. The Morgan fingerprint density at radius 3 is 3.13 bits per heavy atom. The number of rotatable bonds is 3. The Hall–Kier alpha value is -0.330. The Balaban J connectivity index is 2.53. The van der Waals surface area contributed by atoms with E-state index in [0.717, 1.165) is 21.0 Å². The monoisotopic (exact) mass is 336 g/mol. The van der Waals surface area contributed by atoms with Gasteiger partial charge in [0, 0.05) is 29.6 Å². The normalized spacial score (nSPS) is 11.1. The molecule has 0 aromatic carbocycles. The summed E-state index contributed by atoms with van der Waals surface area (Å²) in [5, 5.41) is 1.59. The van der Waals surface area contributed by atoms with Crippen molar-refractivity contribution in [2.75, 3.05) is 13.7 Å². The largest absolute Gasteiger partial charge is 0.383 e. The van der Waals surface area contributed by atoms with E-state index in [9.17, 15) is 0 Å². The van der Waals surface area contributed by atoms with Gasteiger partial charge in [-0.3, -0.25) is 0 Å². The summed E-state index contributed by atoms with van der Waals surface area (Å²) in [6, 6.07) is 1.97. The summed E-state index contributed by atoms with van der Waals surface area (Å²) in [4.78, 5) is 4.08. The number of hydrogen-bond donors (Lipinski definition) is 0. The van der Waals surface area contributed by atoms with Gasteiger partial charge in [0.05, 0.1) is 17.5 Å². The van der Waals surface area contributed by atoms with Crippen LogP contribution in [0, 0.1) is 3.57 Å². The highest BCUT2D eigenvalue weighted by molar-refractivity contribution is 14.1. The van der Waals surface area contributed by atoms with Gasteiger partial charge in [0.1, 0.15) is 5.15 Å². The summed E-state index contributed by atoms with van der Waals surface area (Å²) >= 11 is 8.32. The fraction of sp³-hybridized carbons (Fsp3) is 0.300. The predicted molar refractivity (Wildman–Crippen MR) is 69.3 cm³/mol. The van der Waals surface area contributed by atoms with E-state index < -0.39 is 0 Å². The highest BCUT2D eigenvalue weighted by atomic mass is 127. The molecule has 80 valence electrons. The van der Waals surface area contributed by atoms with Crippen LogP contribution in [0.15, 0.2) is 18.5 Å². The summed E-state index contributed by atoms with van der Waals surface area (Å²) in [6.45, 7) is 1.52. The molecule has 0 aliphatic rings. The van der Waals surface area contributed by atoms with Crippen molar-refractivity contribution in [2.45, 2.75) is 6.54 Å². The van der Waals surface area contributed by atoms with Crippen LogP contribution in [0.4, 0.5) is 0 Å². The SMILES string of the molecule is COCCn1cc(I)c2c(Cl)nccc21. The minimum atomic E-state index is 0.563. The van der Waals surface area contributed by atoms with Crippen LogP contribution in [0.3, 0.4) is 0 Å². The van der Waals surface area contributed by atoms with E-state index in [0.29, 0.717) is 11.8 Å². The molecule has 2 aromatic heterocycles. The Bertz CT molecular complexity index is 483. The second-order valence-electron chi connectivity index (χ2n) is 3.16. The number of aromatic nitrogens is 2. The van der Waals surface area contributed by atoms with Gasteiger partial charge in [-0.1, -0.05) is 11.6 Å². The highest BCUT2D eigenvalue weighted by Crippen LogP contribution is 2.27. The van der Waals surface area contributed by atoms with Crippen molar-refractivity contribution < 1.29 is 4.74 Å². The molecule has 0 saturated heterocycles. The Labute approximate surface area is 107 Å². The predicted octanol–water partition coefficient (Wildman–Crippen LogP) is 2.94. The van der Waals surface area contributed by atoms with Crippen LogP contribution in [0.2, 0.25) is 5.15 Å². The molecule has 0 N–H and O–H groups in total. The number of fused-ring (bicyclic) bond motifs is 1. The minimum absolute atomic E-state index is 0.563. The molecule has 2 rings (SSSR count). The second-order valence-corrected chi connectivity index (χ2v) is 4.68. The Morgan fingerprint density at radius 2 is 2.40 bits per heavy atom. The summed E-state index contributed by atoms with van der Waals surface area (Å²) < 4.78 is 8.32. The van der Waals surface area contributed by atoms with Crippen molar-refractivity contribution in [3.05, 3.63) is 27.2 Å². The van der Waals surface area contributed by atoms with Gasteiger partial charge >= 0.3 is 0 Å². The summed E-state index contributed by atoms with van der Waals surface area (Å²) in [6.07, 6.45) is 3.79. The van der Waals surface area contributed by atoms with Crippen LogP contribution in [0.25, 0.3) is 10.9 Å². The van der Waals surface area contributed by atoms with Crippen LogP contribution in [0.1, 0.15) is 0 Å². The summed E-state index contributed by atoms with van der Waals surface area (Å²) in [7, 11) is 1.70. The van der Waals surface area contributed by atoms with Crippen LogP contribution in [-0.2, 0) is 11.3 Å². The van der Waals surface area contributed by atoms with Crippen LogP contribution < -0.4 is 0 Å². The van der Waals surface area contributed by atoms with E-state index in [1.807, 2.05) is 6.07 Å². The fourth-order valence-corrected chi connectivity index (χ4v) is 2.82. The quantitative estimate of drug-likeness (QED) is 0.636. The molecule has 0 amide bonds. The van der Waals surface area contributed by atoms with E-state index in [1.165, 1.54) is 0 Å². The number of pyridine rings is 1. The third-order valence-corrected chi connectivity index (χ3v) is 3.34. The molecule has 0 saturated carbocycles. The number of halogens is 2. The average molecular weight is 337 g/mol. The smallest absolute Gasteiger partial charge is 0.139 e. The molecule has 2 aromatic rings. The molecular weight excluding hydrogens is 326 g/mol. The topological polar surface area (TPSA) is 27.1 Å². The standard InChI is InChI=1S/C10H10ClIN2O/c1-15-5-4-14-6-7(12)9-8(14)2-3-13-10(9)11/h2-3,6H,4-5H2,1H3. The van der Waals surface area contributed by atoms with Crippen LogP contribution in [-0.4, -0.2) is 23.3 Å². The van der Waals surface area contributed by atoms with E-state index in [-0.39, 0.29) is 0 Å². The summed E-state index contributed by atoms with van der Waals surface area (Å²) in [5.41, 5.74) is 1.11. The summed E-state index contributed by atoms with van der Waals surface area (Å²) in [5.74, 6) is 0. The first-order valence-electron chi connectivity index (χ1n) is 4.52. The number of methoxy groups -OCH3 is 1. The fourth-order valence-electron chi connectivity index (χ4n) is 1.53. The molecule has 0 radical (unpaired) electrons. The first kappa shape index (κ1) is 11.2. The number of hydrogen-bond acceptors (Lipinski definition) is 2. The van der Waals surface area contributed by atoms with Crippen molar-refractivity contribution in [3.8, 4) is 0 Å². The lowest BCUT2D eigenvalue weighted by Gasteiger charge is -2.03. The van der Waals surface area contributed by atoms with E-state index in [2.05, 4.69) is 38.3 Å². The van der Waals surface area contributed by atoms with Gasteiger partial charge in [0.2, 0.25) is 0 Å². The van der Waals surface area contributed by atoms with Gasteiger partial charge in [0.15, 0.2) is 0 Å². The lowest BCUT2D eigenvalue weighted by Crippen LogP contribution is -2.02. The first-order valence-corrected chi connectivity index (χ1v) is 5.97. The number of nitrogens with zero attached hydrogens (tertiary/aromatic N) is 2. The maximum absolute atomic E-state index is 6.05. The molecular formula is C10H10ClIN2O. The third-order valence-electron chi connectivity index (χ3n) is 2.24. The molecule has 0 aliphatic carbocycles. The van der Waals surface area contributed by atoms with Gasteiger partial charge in [0.25, 0.3) is 0 Å². The zero-order valence-electron chi connectivity index (χ0n) is 8.20. The minimum Gasteiger partial charge on any atom is -0.383 e. The lowest BCUT2D eigenvalue weighted by atomic mass is 10.3. The maximum atomic E-state index is 6.05. The van der Waals surface area contributed by atoms with E-state index >= 15 is 0 Å². The van der Waals surface area contributed by atoms with E-state index in [4.69, 9.17) is 16.3 Å². The van der Waals surface area contributed by atoms with Gasteiger partial charge in [-0.15, -0.1) is 0 Å². The molecule has 5 heteroatoms. The molecule has 2 heterocycles. The van der Waals surface area contributed by atoms with Crippen molar-refractivity contribution in [3.63, 3.8) is 0 Å². The average Bonchev–Trinajstić information content (AvgIpc) is 2.54. The highest BCUT2D eigenvalue weighted by Gasteiger charge is 2.09. The molecule has 0 atom stereocenters. The van der Waals surface area contributed by atoms with Crippen molar-refractivity contribution in [2.24, 2.45) is 0 Å². The van der Waals surface area contributed by atoms with Gasteiger partial charge in [-0.2, -0.15) is 0 Å². The number of ether oxygens (including phenoxy) is 1. The van der Waals surface area contributed by atoms with Crippen molar-refractivity contribution >= 4 is 45.1 Å². The Morgan fingerprint density at radius 1 is 1.60 bits per heavy atom. The second kappa shape index (κ2) is 4.67. The molecule has 0 unspecified atom stereocenters. The van der Waals surface area contributed by atoms with Gasteiger partial charge in [-0.25, -0.2) is 4.98 Å². The van der Waals surface area contributed by atoms with Crippen molar-refractivity contribution in [1.29, 1.82) is 0 Å². The zero-order chi connectivity index (χ0) is 10.8. The van der Waals surface area contributed by atoms with Crippen LogP contribution in [0.5, 0.6) is 0 Å². The molecule has 3 nitrogen and oxygen atoms in total. The molecule has 15 heavy (non-hydrogen) atoms. The van der Waals surface area contributed by atoms with Crippen LogP contribution >= 0.6 is 34.2 Å². The van der Waals surface area contributed by atoms with E-state index in [1.54, 1.807) is 13.3 Å². The van der Waals surface area contributed by atoms with Gasteiger partial charge in [-0.05, 0) is 28.7 Å².